The standard InChI is InChI=1S/C29H42F3NO7/c1-16-10-9-11-28(7,29(30,31)32)18(3)13-21(17(2)12-20-15-39-26(33-20)38-8)40-23(35)14-22(34)27(5,6)25(37)19(4)24(16)36/h9-10,12,15-16,18-19,21-22,24,34,36H,11,13-14H2,1-8H3/b10-9+,17-12+/t16-,18?,19+,21-,22-,24-,28?/m0/s1. The maximum atomic E-state index is 14.5. The molecule has 2 N–H and O–H groups in total. The van der Waals surface area contributed by atoms with Gasteiger partial charge in [0.25, 0.3) is 0 Å². The van der Waals surface area contributed by atoms with Crippen LogP contribution in [0.5, 0.6) is 6.08 Å². The van der Waals surface area contributed by atoms with E-state index in [1.807, 2.05) is 0 Å². The Kier molecular flexibility index (Phi) is 10.8. The smallest absolute Gasteiger partial charge is 0.394 e. The van der Waals surface area contributed by atoms with Crippen LogP contribution in [0.15, 0.2) is 28.4 Å². The summed E-state index contributed by atoms with van der Waals surface area (Å²) in [6.07, 6.45) is -3.80. The number of aromatic nitrogens is 1. The van der Waals surface area contributed by atoms with Gasteiger partial charge in [0.15, 0.2) is 0 Å². The van der Waals surface area contributed by atoms with Crippen LogP contribution in [0.1, 0.15) is 73.4 Å². The highest BCUT2D eigenvalue weighted by molar-refractivity contribution is 5.88. The first kappa shape index (κ1) is 33.5. The first-order valence-electron chi connectivity index (χ1n) is 13.4. The summed E-state index contributed by atoms with van der Waals surface area (Å²) in [4.78, 5) is 30.3. The number of aliphatic hydroxyl groups excluding tert-OH is 2. The van der Waals surface area contributed by atoms with Gasteiger partial charge >= 0.3 is 18.2 Å². The van der Waals surface area contributed by atoms with Crippen molar-refractivity contribution in [3.05, 3.63) is 29.7 Å². The van der Waals surface area contributed by atoms with Crippen LogP contribution in [0.3, 0.4) is 0 Å². The van der Waals surface area contributed by atoms with Crippen molar-refractivity contribution in [3.63, 3.8) is 0 Å². The van der Waals surface area contributed by atoms with Gasteiger partial charge < -0.3 is 24.1 Å². The van der Waals surface area contributed by atoms with E-state index in [2.05, 4.69) is 4.98 Å². The Bertz CT molecular complexity index is 1090. The van der Waals surface area contributed by atoms with Crippen molar-refractivity contribution in [1.29, 1.82) is 0 Å². The lowest BCUT2D eigenvalue weighted by molar-refractivity contribution is -0.236. The van der Waals surface area contributed by atoms with E-state index in [-0.39, 0.29) is 18.9 Å². The van der Waals surface area contributed by atoms with Crippen molar-refractivity contribution >= 4 is 17.8 Å². The summed E-state index contributed by atoms with van der Waals surface area (Å²) >= 11 is 0. The molecule has 8 nitrogen and oxygen atoms in total. The molecule has 0 aromatic carbocycles. The molecule has 2 unspecified atom stereocenters. The molecule has 40 heavy (non-hydrogen) atoms. The lowest BCUT2D eigenvalue weighted by atomic mass is 9.71. The monoisotopic (exact) mass is 573 g/mol. The first-order chi connectivity index (χ1) is 18.3. The second-order valence-electron chi connectivity index (χ2n) is 11.7. The number of carbonyl (C=O) groups excluding carboxylic acids is 2. The van der Waals surface area contributed by atoms with Gasteiger partial charge in [-0.1, -0.05) is 53.7 Å². The van der Waals surface area contributed by atoms with Crippen molar-refractivity contribution in [1.82, 2.24) is 4.98 Å². The van der Waals surface area contributed by atoms with E-state index in [4.69, 9.17) is 13.9 Å². The molecule has 7 atom stereocenters. The number of hydrogen-bond donors (Lipinski definition) is 2. The van der Waals surface area contributed by atoms with Gasteiger partial charge in [0.05, 0.1) is 36.6 Å². The topological polar surface area (TPSA) is 119 Å². The van der Waals surface area contributed by atoms with Crippen LogP contribution < -0.4 is 4.74 Å². The average Bonchev–Trinajstić information content (AvgIpc) is 3.32. The third kappa shape index (κ3) is 7.54. The molecule has 1 aromatic rings. The van der Waals surface area contributed by atoms with E-state index in [0.717, 1.165) is 6.92 Å². The highest BCUT2D eigenvalue weighted by Crippen LogP contribution is 2.49. The molecule has 0 bridgehead atoms. The minimum absolute atomic E-state index is 0.0116. The Morgan fingerprint density at radius 2 is 1.80 bits per heavy atom. The van der Waals surface area contributed by atoms with Crippen LogP contribution in [-0.4, -0.2) is 58.5 Å². The van der Waals surface area contributed by atoms with Gasteiger partial charge in [0, 0.05) is 11.8 Å². The largest absolute Gasteiger partial charge is 0.458 e. The number of methoxy groups -OCH3 is 1. The number of ketones is 1. The van der Waals surface area contributed by atoms with E-state index >= 15 is 0 Å². The third-order valence-electron chi connectivity index (χ3n) is 8.41. The van der Waals surface area contributed by atoms with Crippen LogP contribution in [0.25, 0.3) is 6.08 Å². The van der Waals surface area contributed by atoms with Crippen LogP contribution in [0.2, 0.25) is 0 Å². The molecule has 1 aromatic heterocycles. The fraction of sp³-hybridized carbons (Fsp3) is 0.690. The van der Waals surface area contributed by atoms with Crippen LogP contribution in [-0.2, 0) is 14.3 Å². The van der Waals surface area contributed by atoms with E-state index in [9.17, 15) is 33.0 Å². The summed E-state index contributed by atoms with van der Waals surface area (Å²) in [5.41, 5.74) is -2.87. The van der Waals surface area contributed by atoms with Gasteiger partial charge in [-0.25, -0.2) is 0 Å². The van der Waals surface area contributed by atoms with Crippen LogP contribution in [0.4, 0.5) is 13.2 Å². The number of halogens is 3. The molecule has 0 radical (unpaired) electrons. The number of nitrogens with zero attached hydrogens (tertiary/aromatic N) is 1. The van der Waals surface area contributed by atoms with Gasteiger partial charge in [-0.3, -0.25) is 9.59 Å². The van der Waals surface area contributed by atoms with Crippen molar-refractivity contribution in [2.75, 3.05) is 7.11 Å². The number of carbonyl (C=O) groups is 2. The maximum Gasteiger partial charge on any atom is 0.394 e. The number of aliphatic hydroxyl groups is 2. The Morgan fingerprint density at radius 3 is 2.35 bits per heavy atom. The predicted molar refractivity (Wildman–Crippen MR) is 142 cm³/mol. The molecule has 0 amide bonds. The zero-order chi connectivity index (χ0) is 30.6. The summed E-state index contributed by atoms with van der Waals surface area (Å²) in [7, 11) is 1.36. The van der Waals surface area contributed by atoms with Crippen LogP contribution >= 0.6 is 0 Å². The lowest BCUT2D eigenvalue weighted by Crippen LogP contribution is -2.46. The summed E-state index contributed by atoms with van der Waals surface area (Å²) in [5.74, 6) is -3.94. The number of rotatable bonds is 3. The minimum atomic E-state index is -4.60. The van der Waals surface area contributed by atoms with Gasteiger partial charge in [-0.15, -0.1) is 0 Å². The summed E-state index contributed by atoms with van der Waals surface area (Å²) < 4.78 is 59.1. The predicted octanol–water partition coefficient (Wildman–Crippen LogP) is 5.53. The molecule has 0 spiro atoms. The summed E-state index contributed by atoms with van der Waals surface area (Å²) in [5, 5.41) is 21.7. The highest BCUT2D eigenvalue weighted by atomic mass is 19.4. The number of oxazole rings is 1. The van der Waals surface area contributed by atoms with Gasteiger partial charge in [0.2, 0.25) is 0 Å². The fourth-order valence-electron chi connectivity index (χ4n) is 4.88. The lowest BCUT2D eigenvalue weighted by Gasteiger charge is -2.39. The Balaban J connectivity index is 2.57. The molecule has 0 saturated carbocycles. The number of alkyl halides is 3. The van der Waals surface area contributed by atoms with Gasteiger partial charge in [0.1, 0.15) is 23.8 Å². The Morgan fingerprint density at radius 1 is 1.18 bits per heavy atom. The number of cyclic esters (lactones) is 1. The SMILES string of the molecule is COc1nc(/C=C(\C)[C@@H]2CC(C)C(C)(C(F)(F)F)C/C=C/[C@H](C)[C@H](O)[C@@H](C)C(=O)C(C)(C)[C@@H](O)CC(=O)O2)co1. The van der Waals surface area contributed by atoms with Crippen molar-refractivity contribution in [2.45, 2.75) is 92.2 Å². The van der Waals surface area contributed by atoms with Gasteiger partial charge in [-0.2, -0.15) is 18.2 Å². The summed E-state index contributed by atoms with van der Waals surface area (Å²) in [6, 6.07) is 0. The Labute approximate surface area is 233 Å². The van der Waals surface area contributed by atoms with Crippen molar-refractivity contribution in [3.8, 4) is 6.08 Å². The van der Waals surface area contributed by atoms with E-state index in [1.54, 1.807) is 13.8 Å². The quantitative estimate of drug-likeness (QED) is 0.358. The summed E-state index contributed by atoms with van der Waals surface area (Å²) in [6.45, 7) is 10.3. The molecule has 0 aliphatic carbocycles. The molecular weight excluding hydrogens is 531 g/mol. The van der Waals surface area contributed by atoms with E-state index in [1.165, 1.54) is 59.3 Å². The minimum Gasteiger partial charge on any atom is -0.458 e. The van der Waals surface area contributed by atoms with E-state index < -0.39 is 71.2 Å². The molecule has 0 saturated heterocycles. The second-order valence-corrected chi connectivity index (χ2v) is 11.7. The molecule has 1 aliphatic rings. The first-order valence-corrected chi connectivity index (χ1v) is 13.4. The van der Waals surface area contributed by atoms with Crippen LogP contribution in [0, 0.1) is 28.6 Å². The molecule has 2 rings (SSSR count). The number of hydrogen-bond acceptors (Lipinski definition) is 8. The molecule has 1 aliphatic heterocycles. The second kappa shape index (κ2) is 12.9. The maximum absolute atomic E-state index is 14.5. The normalized spacial score (nSPS) is 34.3. The molecule has 11 heteroatoms. The number of esters is 1. The molecular formula is C29H42F3NO7. The number of ether oxygens (including phenoxy) is 2. The third-order valence-corrected chi connectivity index (χ3v) is 8.41. The Hall–Kier alpha value is -2.66. The molecule has 0 fully saturated rings. The fourth-order valence-corrected chi connectivity index (χ4v) is 4.88. The molecule has 226 valence electrons. The number of Topliss-reactive ketones (excluding diaryl/α,β-unsaturated/α-hetero) is 1. The molecule has 2 heterocycles. The van der Waals surface area contributed by atoms with Gasteiger partial charge in [-0.05, 0) is 37.3 Å². The van der Waals surface area contributed by atoms with E-state index in [0.29, 0.717) is 11.3 Å². The number of allylic oxidation sites excluding steroid dienone is 1. The zero-order valence-corrected chi connectivity index (χ0v) is 24.4. The van der Waals surface area contributed by atoms with Crippen molar-refractivity contribution < 1.29 is 46.9 Å². The zero-order valence-electron chi connectivity index (χ0n) is 24.4. The van der Waals surface area contributed by atoms with Crippen molar-refractivity contribution in [2.24, 2.45) is 28.6 Å². The average molecular weight is 574 g/mol. The highest BCUT2D eigenvalue weighted by Gasteiger charge is 2.54.